The number of carbonyl (C=O) groups excluding carboxylic acids is 2. The van der Waals surface area contributed by atoms with Crippen molar-refractivity contribution in [1.82, 2.24) is 0 Å². The second-order valence-electron chi connectivity index (χ2n) is 7.67. The van der Waals surface area contributed by atoms with E-state index in [-0.39, 0.29) is 17.0 Å². The van der Waals surface area contributed by atoms with Crippen LogP contribution in [0.3, 0.4) is 0 Å². The number of hydrogen-bond acceptors (Lipinski definition) is 7. The second-order valence-corrected chi connectivity index (χ2v) is 9.08. The minimum absolute atomic E-state index is 0.184. The van der Waals surface area contributed by atoms with Crippen LogP contribution in [0.2, 0.25) is 0 Å². The maximum Gasteiger partial charge on any atom is 0.336 e. The first-order valence-electron chi connectivity index (χ1n) is 10.8. The Balaban J connectivity index is 1.71. The smallest absolute Gasteiger partial charge is 0.336 e. The molecule has 0 saturated carbocycles. The number of methoxy groups -OCH3 is 2. The number of rotatable bonds is 10. The summed E-state index contributed by atoms with van der Waals surface area (Å²) in [5.74, 6) is -2.67. The number of hydrogen-bond donors (Lipinski definition) is 4. The zero-order valence-electron chi connectivity index (χ0n) is 20.1. The molecule has 10 nitrogen and oxygen atoms in total. The van der Waals surface area contributed by atoms with Crippen molar-refractivity contribution in [2.24, 2.45) is 0 Å². The lowest BCUT2D eigenvalue weighted by Crippen LogP contribution is -2.22. The lowest BCUT2D eigenvalue weighted by molar-refractivity contribution is -0.115. The van der Waals surface area contributed by atoms with Gasteiger partial charge in [0.05, 0.1) is 41.8 Å². The number of thioether (sulfide) groups is 1. The quantitative estimate of drug-likeness (QED) is 0.282. The van der Waals surface area contributed by atoms with E-state index in [0.717, 1.165) is 18.2 Å². The maximum atomic E-state index is 12.8. The van der Waals surface area contributed by atoms with Gasteiger partial charge in [-0.1, -0.05) is 6.07 Å². The molecular formula is C26H24N2O8S. The van der Waals surface area contributed by atoms with Crippen molar-refractivity contribution >= 4 is 46.9 Å². The monoisotopic (exact) mass is 524 g/mol. The highest BCUT2D eigenvalue weighted by molar-refractivity contribution is 8.00. The molecule has 0 saturated heterocycles. The number of anilines is 2. The van der Waals surface area contributed by atoms with Gasteiger partial charge in [0.25, 0.3) is 5.91 Å². The second kappa shape index (κ2) is 12.0. The minimum atomic E-state index is -1.43. The van der Waals surface area contributed by atoms with Gasteiger partial charge in [-0.15, -0.1) is 11.8 Å². The Morgan fingerprint density at radius 1 is 0.838 bits per heavy atom. The fraction of sp³-hybridized carbons (Fsp3) is 0.154. The van der Waals surface area contributed by atoms with E-state index in [2.05, 4.69) is 10.6 Å². The first-order chi connectivity index (χ1) is 17.6. The zero-order chi connectivity index (χ0) is 27.1. The summed E-state index contributed by atoms with van der Waals surface area (Å²) in [6.07, 6.45) is 0. The number of amides is 2. The summed E-state index contributed by atoms with van der Waals surface area (Å²) in [4.78, 5) is 48.9. The summed E-state index contributed by atoms with van der Waals surface area (Å²) in [6.45, 7) is 1.73. The average molecular weight is 525 g/mol. The van der Waals surface area contributed by atoms with Gasteiger partial charge < -0.3 is 30.3 Å². The van der Waals surface area contributed by atoms with Gasteiger partial charge in [0.15, 0.2) is 0 Å². The molecule has 0 aromatic heterocycles. The first kappa shape index (κ1) is 27.1. The third-order valence-corrected chi connectivity index (χ3v) is 6.28. The van der Waals surface area contributed by atoms with E-state index in [4.69, 9.17) is 14.6 Å². The lowest BCUT2D eigenvalue weighted by Gasteiger charge is -2.15. The molecule has 2 amide bonds. The van der Waals surface area contributed by atoms with Crippen LogP contribution in [0, 0.1) is 0 Å². The normalized spacial score (nSPS) is 11.2. The van der Waals surface area contributed by atoms with E-state index >= 15 is 0 Å². The summed E-state index contributed by atoms with van der Waals surface area (Å²) < 4.78 is 10.5. The number of aromatic carboxylic acids is 2. The van der Waals surface area contributed by atoms with Crippen molar-refractivity contribution < 1.29 is 38.9 Å². The Kier molecular flexibility index (Phi) is 8.75. The molecule has 0 fully saturated rings. The van der Waals surface area contributed by atoms with Crippen LogP contribution in [0.1, 0.15) is 38.0 Å². The van der Waals surface area contributed by atoms with Crippen LogP contribution in [-0.2, 0) is 4.79 Å². The number of carbonyl (C=O) groups is 4. The van der Waals surface area contributed by atoms with Crippen LogP contribution in [0.15, 0.2) is 65.6 Å². The predicted octanol–water partition coefficient (Wildman–Crippen LogP) is 4.47. The molecule has 3 aromatic carbocycles. The highest BCUT2D eigenvalue weighted by Crippen LogP contribution is 2.31. The molecule has 0 aliphatic heterocycles. The fourth-order valence-corrected chi connectivity index (χ4v) is 4.22. The molecule has 0 aliphatic carbocycles. The Labute approximate surface area is 216 Å². The third kappa shape index (κ3) is 6.79. The van der Waals surface area contributed by atoms with Gasteiger partial charge >= 0.3 is 11.9 Å². The van der Waals surface area contributed by atoms with Crippen LogP contribution >= 0.6 is 11.8 Å². The van der Waals surface area contributed by atoms with Crippen molar-refractivity contribution in [1.29, 1.82) is 0 Å². The van der Waals surface area contributed by atoms with E-state index in [1.165, 1.54) is 26.0 Å². The van der Waals surface area contributed by atoms with Gasteiger partial charge in [-0.2, -0.15) is 0 Å². The molecular weight excluding hydrogens is 500 g/mol. The molecule has 0 aliphatic rings. The van der Waals surface area contributed by atoms with Gasteiger partial charge in [0, 0.05) is 16.6 Å². The highest BCUT2D eigenvalue weighted by atomic mass is 32.2. The van der Waals surface area contributed by atoms with E-state index in [1.54, 1.807) is 49.4 Å². The van der Waals surface area contributed by atoms with Crippen molar-refractivity contribution in [3.8, 4) is 11.5 Å². The molecule has 3 aromatic rings. The average Bonchev–Trinajstić information content (AvgIpc) is 2.88. The number of carboxylic acid groups (broad SMARTS) is 2. The van der Waals surface area contributed by atoms with E-state index in [0.29, 0.717) is 27.8 Å². The van der Waals surface area contributed by atoms with Gasteiger partial charge in [-0.05, 0) is 55.5 Å². The van der Waals surface area contributed by atoms with E-state index in [1.807, 2.05) is 0 Å². The largest absolute Gasteiger partial charge is 0.497 e. The topological polar surface area (TPSA) is 151 Å². The molecule has 192 valence electrons. The predicted molar refractivity (Wildman–Crippen MR) is 138 cm³/mol. The SMILES string of the molecule is COc1ccc(NC(=O)C(C)Sc2cccc(NC(=O)c3ccc(C(=O)O)cc3C(=O)O)c2)c(OC)c1. The first-order valence-corrected chi connectivity index (χ1v) is 11.7. The Morgan fingerprint density at radius 2 is 1.59 bits per heavy atom. The molecule has 0 heterocycles. The number of nitrogens with one attached hydrogen (secondary N) is 2. The van der Waals surface area contributed by atoms with E-state index < -0.39 is 28.7 Å². The molecule has 1 atom stereocenters. The minimum Gasteiger partial charge on any atom is -0.497 e. The summed E-state index contributed by atoms with van der Waals surface area (Å²) in [5, 5.41) is 23.4. The Bertz CT molecular complexity index is 1360. The summed E-state index contributed by atoms with van der Waals surface area (Å²) >= 11 is 1.25. The zero-order valence-corrected chi connectivity index (χ0v) is 20.9. The maximum absolute atomic E-state index is 12.8. The molecule has 4 N–H and O–H groups in total. The van der Waals surface area contributed by atoms with Crippen LogP contribution in [0.5, 0.6) is 11.5 Å². The Hall–Kier alpha value is -4.51. The van der Waals surface area contributed by atoms with Crippen molar-refractivity contribution in [3.63, 3.8) is 0 Å². The number of carboxylic acids is 2. The molecule has 0 bridgehead atoms. The molecule has 1 unspecified atom stereocenters. The molecule has 3 rings (SSSR count). The van der Waals surface area contributed by atoms with Crippen molar-refractivity contribution in [2.45, 2.75) is 17.1 Å². The molecule has 0 radical (unpaired) electrons. The van der Waals surface area contributed by atoms with E-state index in [9.17, 15) is 24.3 Å². The van der Waals surface area contributed by atoms with Gasteiger partial charge in [0.1, 0.15) is 11.5 Å². The molecule has 37 heavy (non-hydrogen) atoms. The number of benzene rings is 3. The van der Waals surface area contributed by atoms with Crippen molar-refractivity contribution in [2.75, 3.05) is 24.9 Å². The van der Waals surface area contributed by atoms with Crippen LogP contribution in [-0.4, -0.2) is 53.4 Å². The van der Waals surface area contributed by atoms with Crippen LogP contribution < -0.4 is 20.1 Å². The number of ether oxygens (including phenoxy) is 2. The van der Waals surface area contributed by atoms with Gasteiger partial charge in [0.2, 0.25) is 5.91 Å². The summed E-state index contributed by atoms with van der Waals surface area (Å²) in [7, 11) is 3.02. The fourth-order valence-electron chi connectivity index (χ4n) is 3.29. The molecule has 11 heteroatoms. The molecule has 0 spiro atoms. The summed E-state index contributed by atoms with van der Waals surface area (Å²) in [6, 6.07) is 15.0. The Morgan fingerprint density at radius 3 is 2.24 bits per heavy atom. The lowest BCUT2D eigenvalue weighted by atomic mass is 10.0. The summed E-state index contributed by atoms with van der Waals surface area (Å²) in [5.41, 5.74) is 0.00814. The highest BCUT2D eigenvalue weighted by Gasteiger charge is 2.20. The van der Waals surface area contributed by atoms with Crippen LogP contribution in [0.4, 0.5) is 11.4 Å². The van der Waals surface area contributed by atoms with Crippen molar-refractivity contribution in [3.05, 3.63) is 77.4 Å². The van der Waals surface area contributed by atoms with Gasteiger partial charge in [-0.3, -0.25) is 9.59 Å². The van der Waals surface area contributed by atoms with Gasteiger partial charge in [-0.25, -0.2) is 9.59 Å². The third-order valence-electron chi connectivity index (χ3n) is 5.18. The van der Waals surface area contributed by atoms with Crippen LogP contribution in [0.25, 0.3) is 0 Å². The standard InChI is InChI=1S/C26H24N2O8S/c1-14(23(29)28-21-10-8-17(35-2)13-22(21)36-3)37-18-6-4-5-16(12-18)27-24(30)19-9-7-15(25(31)32)11-20(19)26(33)34/h4-14H,1-3H3,(H,27,30)(H,28,29)(H,31,32)(H,33,34).